The first kappa shape index (κ1) is 18.3. The molecule has 6 nitrogen and oxygen atoms in total. The molecule has 0 aliphatic carbocycles. The van der Waals surface area contributed by atoms with Crippen LogP contribution in [-0.4, -0.2) is 26.4 Å². The van der Waals surface area contributed by atoms with Crippen molar-refractivity contribution < 1.29 is 9.21 Å². The predicted octanol–water partition coefficient (Wildman–Crippen LogP) is 4.08. The standard InChI is InChI=1S/C19H22N4O2S/c1-13(2)15-6-8-16(9-7-15)20-18(24)12-26-19-22-21-14(3)23(19)11-17-5-4-10-25-17/h4-10,13H,11-12H2,1-3H3,(H,20,24). The third-order valence-corrected chi connectivity index (χ3v) is 4.96. The SMILES string of the molecule is Cc1nnc(SCC(=O)Nc2ccc(C(C)C)cc2)n1Cc1ccco1. The molecule has 2 aromatic heterocycles. The normalized spacial score (nSPS) is 11.1. The van der Waals surface area contributed by atoms with Crippen molar-refractivity contribution in [2.24, 2.45) is 0 Å². The van der Waals surface area contributed by atoms with Crippen molar-refractivity contribution in [2.75, 3.05) is 11.1 Å². The lowest BCUT2D eigenvalue weighted by atomic mass is 10.0. The molecule has 26 heavy (non-hydrogen) atoms. The number of thioether (sulfide) groups is 1. The van der Waals surface area contributed by atoms with Crippen LogP contribution in [0.4, 0.5) is 5.69 Å². The topological polar surface area (TPSA) is 73.0 Å². The van der Waals surface area contributed by atoms with E-state index >= 15 is 0 Å². The highest BCUT2D eigenvalue weighted by atomic mass is 32.2. The number of hydrogen-bond acceptors (Lipinski definition) is 5. The van der Waals surface area contributed by atoms with E-state index in [1.807, 2.05) is 47.9 Å². The molecule has 0 bridgehead atoms. The third-order valence-electron chi connectivity index (χ3n) is 3.99. The summed E-state index contributed by atoms with van der Waals surface area (Å²) in [5.41, 5.74) is 2.05. The van der Waals surface area contributed by atoms with Crippen molar-refractivity contribution in [3.8, 4) is 0 Å². The Labute approximate surface area is 157 Å². The second kappa shape index (κ2) is 8.23. The van der Waals surface area contributed by atoms with Gasteiger partial charge in [-0.1, -0.05) is 37.7 Å². The van der Waals surface area contributed by atoms with E-state index in [1.54, 1.807) is 6.26 Å². The molecule has 3 aromatic rings. The van der Waals surface area contributed by atoms with Gasteiger partial charge in [-0.05, 0) is 42.7 Å². The zero-order valence-corrected chi connectivity index (χ0v) is 15.9. The van der Waals surface area contributed by atoms with Crippen LogP contribution in [0.1, 0.15) is 36.9 Å². The van der Waals surface area contributed by atoms with E-state index in [9.17, 15) is 4.79 Å². The second-order valence-corrected chi connectivity index (χ2v) is 7.25. The van der Waals surface area contributed by atoms with Crippen molar-refractivity contribution in [1.29, 1.82) is 0 Å². The molecule has 0 aliphatic heterocycles. The number of nitrogens with one attached hydrogen (secondary N) is 1. The quantitative estimate of drug-likeness (QED) is 0.634. The van der Waals surface area contributed by atoms with Crippen molar-refractivity contribution in [3.63, 3.8) is 0 Å². The smallest absolute Gasteiger partial charge is 0.234 e. The maximum absolute atomic E-state index is 12.2. The van der Waals surface area contributed by atoms with Gasteiger partial charge in [0.15, 0.2) is 5.16 Å². The predicted molar refractivity (Wildman–Crippen MR) is 102 cm³/mol. The van der Waals surface area contributed by atoms with E-state index in [0.29, 0.717) is 17.6 Å². The van der Waals surface area contributed by atoms with Crippen LogP contribution in [-0.2, 0) is 11.3 Å². The number of benzene rings is 1. The maximum Gasteiger partial charge on any atom is 0.234 e. The van der Waals surface area contributed by atoms with Gasteiger partial charge in [-0.2, -0.15) is 0 Å². The van der Waals surface area contributed by atoms with E-state index in [0.717, 1.165) is 17.3 Å². The van der Waals surface area contributed by atoms with E-state index in [-0.39, 0.29) is 11.7 Å². The minimum Gasteiger partial charge on any atom is -0.467 e. The van der Waals surface area contributed by atoms with Gasteiger partial charge >= 0.3 is 0 Å². The Bertz CT molecular complexity index is 854. The molecule has 0 atom stereocenters. The van der Waals surface area contributed by atoms with Crippen molar-refractivity contribution in [1.82, 2.24) is 14.8 Å². The Hall–Kier alpha value is -2.54. The molecule has 0 aliphatic rings. The van der Waals surface area contributed by atoms with E-state index in [4.69, 9.17) is 4.42 Å². The fourth-order valence-electron chi connectivity index (χ4n) is 2.49. The van der Waals surface area contributed by atoms with Crippen molar-refractivity contribution in [2.45, 2.75) is 38.4 Å². The summed E-state index contributed by atoms with van der Waals surface area (Å²) in [5, 5.41) is 11.9. The molecule has 1 N–H and O–H groups in total. The fraction of sp³-hybridized carbons (Fsp3) is 0.316. The van der Waals surface area contributed by atoms with E-state index in [1.165, 1.54) is 17.3 Å². The highest BCUT2D eigenvalue weighted by Crippen LogP contribution is 2.20. The molecule has 0 unspecified atom stereocenters. The van der Waals surface area contributed by atoms with Gasteiger partial charge in [-0.3, -0.25) is 9.36 Å². The molecule has 1 amide bonds. The number of aryl methyl sites for hydroxylation is 1. The van der Waals surface area contributed by atoms with Crippen LogP contribution in [0.3, 0.4) is 0 Å². The fourth-order valence-corrected chi connectivity index (χ4v) is 3.27. The van der Waals surface area contributed by atoms with E-state index in [2.05, 4.69) is 29.4 Å². The molecule has 136 valence electrons. The molecule has 2 heterocycles. The van der Waals surface area contributed by atoms with Gasteiger partial charge < -0.3 is 9.73 Å². The third kappa shape index (κ3) is 4.54. The highest BCUT2D eigenvalue weighted by Gasteiger charge is 2.13. The lowest BCUT2D eigenvalue weighted by Crippen LogP contribution is -2.15. The van der Waals surface area contributed by atoms with Gasteiger partial charge in [0.05, 0.1) is 18.6 Å². The van der Waals surface area contributed by atoms with Crippen LogP contribution in [0.5, 0.6) is 0 Å². The average Bonchev–Trinajstić information content (AvgIpc) is 3.25. The minimum atomic E-state index is -0.0718. The molecule has 0 saturated carbocycles. The summed E-state index contributed by atoms with van der Waals surface area (Å²) in [6, 6.07) is 11.7. The number of furan rings is 1. The molecule has 0 saturated heterocycles. The van der Waals surface area contributed by atoms with Gasteiger partial charge in [0.1, 0.15) is 11.6 Å². The highest BCUT2D eigenvalue weighted by molar-refractivity contribution is 7.99. The van der Waals surface area contributed by atoms with Gasteiger partial charge in [0.25, 0.3) is 0 Å². The van der Waals surface area contributed by atoms with Crippen LogP contribution < -0.4 is 5.32 Å². The zero-order valence-electron chi connectivity index (χ0n) is 15.1. The largest absolute Gasteiger partial charge is 0.467 e. The molecule has 1 aromatic carbocycles. The number of amides is 1. The number of carbonyl (C=O) groups excluding carboxylic acids is 1. The lowest BCUT2D eigenvalue weighted by Gasteiger charge is -2.09. The van der Waals surface area contributed by atoms with Gasteiger partial charge in [-0.25, -0.2) is 0 Å². The molecule has 0 radical (unpaired) electrons. The van der Waals surface area contributed by atoms with Crippen LogP contribution in [0.2, 0.25) is 0 Å². The number of rotatable bonds is 7. The number of nitrogens with zero attached hydrogens (tertiary/aromatic N) is 3. The molecule has 0 spiro atoms. The monoisotopic (exact) mass is 370 g/mol. The first-order valence-electron chi connectivity index (χ1n) is 8.47. The number of aromatic nitrogens is 3. The second-order valence-electron chi connectivity index (χ2n) is 6.31. The van der Waals surface area contributed by atoms with Crippen LogP contribution >= 0.6 is 11.8 Å². The van der Waals surface area contributed by atoms with Gasteiger partial charge in [0, 0.05) is 5.69 Å². The van der Waals surface area contributed by atoms with E-state index < -0.39 is 0 Å². The molecular weight excluding hydrogens is 348 g/mol. The molecule has 0 fully saturated rings. The Morgan fingerprint density at radius 2 is 2.00 bits per heavy atom. The minimum absolute atomic E-state index is 0.0718. The lowest BCUT2D eigenvalue weighted by molar-refractivity contribution is -0.113. The summed E-state index contributed by atoms with van der Waals surface area (Å²) in [5.74, 6) is 2.27. The number of carbonyl (C=O) groups is 1. The summed E-state index contributed by atoms with van der Waals surface area (Å²) < 4.78 is 7.32. The summed E-state index contributed by atoms with van der Waals surface area (Å²) in [6.45, 7) is 6.72. The van der Waals surface area contributed by atoms with Crippen LogP contribution in [0, 0.1) is 6.92 Å². The number of hydrogen-bond donors (Lipinski definition) is 1. The summed E-state index contributed by atoms with van der Waals surface area (Å²) >= 11 is 1.36. The van der Waals surface area contributed by atoms with Crippen molar-refractivity contribution in [3.05, 3.63) is 59.8 Å². The van der Waals surface area contributed by atoms with Crippen LogP contribution in [0.25, 0.3) is 0 Å². The Balaban J connectivity index is 1.58. The molecular formula is C19H22N4O2S. The summed E-state index contributed by atoms with van der Waals surface area (Å²) in [7, 11) is 0. The average molecular weight is 370 g/mol. The first-order valence-corrected chi connectivity index (χ1v) is 9.46. The maximum atomic E-state index is 12.2. The first-order chi connectivity index (χ1) is 12.5. The van der Waals surface area contributed by atoms with Gasteiger partial charge in [0.2, 0.25) is 5.91 Å². The van der Waals surface area contributed by atoms with Gasteiger partial charge in [-0.15, -0.1) is 10.2 Å². The number of anilines is 1. The van der Waals surface area contributed by atoms with Crippen molar-refractivity contribution >= 4 is 23.4 Å². The molecule has 3 rings (SSSR count). The summed E-state index contributed by atoms with van der Waals surface area (Å²) in [6.07, 6.45) is 1.64. The summed E-state index contributed by atoms with van der Waals surface area (Å²) in [4.78, 5) is 12.2. The Morgan fingerprint density at radius 1 is 1.23 bits per heavy atom. The zero-order chi connectivity index (χ0) is 18.5. The Kier molecular flexibility index (Phi) is 5.78. The Morgan fingerprint density at radius 3 is 2.65 bits per heavy atom. The molecule has 7 heteroatoms. The van der Waals surface area contributed by atoms with Crippen LogP contribution in [0.15, 0.2) is 52.2 Å².